The lowest BCUT2D eigenvalue weighted by Crippen LogP contribution is -2.23. The van der Waals surface area contributed by atoms with E-state index < -0.39 is 0 Å². The van der Waals surface area contributed by atoms with Gasteiger partial charge in [0.15, 0.2) is 5.13 Å². The average Bonchev–Trinajstić information content (AvgIpc) is 3.08. The second kappa shape index (κ2) is 6.01. The molecule has 1 saturated heterocycles. The molecule has 7 heteroatoms. The van der Waals surface area contributed by atoms with E-state index in [-0.39, 0.29) is 18.2 Å². The van der Waals surface area contributed by atoms with Crippen LogP contribution in [-0.4, -0.2) is 28.3 Å². The van der Waals surface area contributed by atoms with Gasteiger partial charge < -0.3 is 5.32 Å². The largest absolute Gasteiger partial charge is 0.326 e. The molecule has 1 aliphatic rings. The number of carbonyl (C=O) groups is 2. The van der Waals surface area contributed by atoms with E-state index >= 15 is 0 Å². The maximum atomic E-state index is 11.9. The van der Waals surface area contributed by atoms with E-state index in [0.717, 1.165) is 13.0 Å². The zero-order valence-electron chi connectivity index (χ0n) is 11.3. The fourth-order valence-electron chi connectivity index (χ4n) is 2.16. The van der Waals surface area contributed by atoms with Gasteiger partial charge in [-0.15, -0.1) is 11.3 Å². The third-order valence-corrected chi connectivity index (χ3v) is 4.06. The highest BCUT2D eigenvalue weighted by Gasteiger charge is 2.24. The highest BCUT2D eigenvalue weighted by molar-refractivity contribution is 7.14. The summed E-state index contributed by atoms with van der Waals surface area (Å²) < 4.78 is 0. The number of amides is 2. The fourth-order valence-corrected chi connectivity index (χ4v) is 3.02. The smallest absolute Gasteiger partial charge is 0.230 e. The molecule has 0 aromatic carbocycles. The summed E-state index contributed by atoms with van der Waals surface area (Å²) in [5.74, 6) is -0.0251. The van der Waals surface area contributed by atoms with Crippen LogP contribution in [0.5, 0.6) is 0 Å². The van der Waals surface area contributed by atoms with E-state index in [1.807, 2.05) is 5.38 Å². The topological polar surface area (TPSA) is 75.2 Å². The summed E-state index contributed by atoms with van der Waals surface area (Å²) in [5, 5.41) is 5.29. The van der Waals surface area contributed by atoms with Crippen molar-refractivity contribution in [3.63, 3.8) is 0 Å². The standard InChI is InChI=1S/C14H14N4O2S/c19-12(16-10-3-5-15-6-4-10)8-11-9-21-14(17-11)18-7-1-2-13(18)20/h3-6,9H,1-2,7-8H2,(H,15,16,19). The lowest BCUT2D eigenvalue weighted by molar-refractivity contribution is -0.117. The van der Waals surface area contributed by atoms with Gasteiger partial charge in [0.1, 0.15) is 0 Å². The lowest BCUT2D eigenvalue weighted by Gasteiger charge is -2.10. The number of hydrogen-bond donors (Lipinski definition) is 1. The predicted octanol–water partition coefficient (Wildman–Crippen LogP) is 1.85. The molecule has 1 aliphatic heterocycles. The van der Waals surface area contributed by atoms with Crippen LogP contribution < -0.4 is 10.2 Å². The first kappa shape index (κ1) is 13.7. The van der Waals surface area contributed by atoms with E-state index in [9.17, 15) is 9.59 Å². The molecule has 108 valence electrons. The van der Waals surface area contributed by atoms with Gasteiger partial charge in [-0.25, -0.2) is 4.98 Å². The fraction of sp³-hybridized carbons (Fsp3) is 0.286. The first-order chi connectivity index (χ1) is 10.2. The zero-order valence-corrected chi connectivity index (χ0v) is 12.1. The number of aromatic nitrogens is 2. The summed E-state index contributed by atoms with van der Waals surface area (Å²) in [7, 11) is 0. The lowest BCUT2D eigenvalue weighted by atomic mass is 10.3. The minimum Gasteiger partial charge on any atom is -0.326 e. The van der Waals surface area contributed by atoms with Crippen LogP contribution >= 0.6 is 11.3 Å². The normalized spacial score (nSPS) is 14.5. The SMILES string of the molecule is O=C(Cc1csc(N2CCCC2=O)n1)Nc1ccncc1. The highest BCUT2D eigenvalue weighted by Crippen LogP contribution is 2.25. The van der Waals surface area contributed by atoms with Gasteiger partial charge in [-0.05, 0) is 18.6 Å². The van der Waals surface area contributed by atoms with Crippen LogP contribution in [0.3, 0.4) is 0 Å². The van der Waals surface area contributed by atoms with Crippen molar-refractivity contribution in [1.29, 1.82) is 0 Å². The first-order valence-electron chi connectivity index (χ1n) is 6.67. The summed E-state index contributed by atoms with van der Waals surface area (Å²) in [6.45, 7) is 0.717. The van der Waals surface area contributed by atoms with Crippen LogP contribution in [0.15, 0.2) is 29.9 Å². The van der Waals surface area contributed by atoms with Gasteiger partial charge in [0, 0.05) is 36.4 Å². The predicted molar refractivity (Wildman–Crippen MR) is 80.3 cm³/mol. The molecule has 2 aromatic rings. The Morgan fingerprint density at radius 3 is 2.90 bits per heavy atom. The molecular weight excluding hydrogens is 288 g/mol. The zero-order chi connectivity index (χ0) is 14.7. The van der Waals surface area contributed by atoms with Crippen molar-refractivity contribution >= 4 is 34.0 Å². The number of anilines is 2. The number of carbonyl (C=O) groups excluding carboxylic acids is 2. The third-order valence-electron chi connectivity index (χ3n) is 3.15. The molecule has 3 rings (SSSR count). The van der Waals surface area contributed by atoms with E-state index in [0.29, 0.717) is 22.9 Å². The molecule has 0 bridgehead atoms. The molecule has 2 aromatic heterocycles. The number of pyridine rings is 1. The van der Waals surface area contributed by atoms with Crippen LogP contribution in [-0.2, 0) is 16.0 Å². The van der Waals surface area contributed by atoms with Crippen LogP contribution in [0.4, 0.5) is 10.8 Å². The van der Waals surface area contributed by atoms with Crippen molar-refractivity contribution in [1.82, 2.24) is 9.97 Å². The molecule has 2 amide bonds. The molecule has 0 saturated carbocycles. The Morgan fingerprint density at radius 1 is 1.38 bits per heavy atom. The second-order valence-corrected chi connectivity index (χ2v) is 5.57. The molecule has 1 fully saturated rings. The molecule has 0 spiro atoms. The van der Waals surface area contributed by atoms with Crippen molar-refractivity contribution in [2.24, 2.45) is 0 Å². The van der Waals surface area contributed by atoms with Crippen LogP contribution in [0.2, 0.25) is 0 Å². The Labute approximate surface area is 125 Å². The molecule has 0 radical (unpaired) electrons. The average molecular weight is 302 g/mol. The molecule has 21 heavy (non-hydrogen) atoms. The number of rotatable bonds is 4. The summed E-state index contributed by atoms with van der Waals surface area (Å²) in [6, 6.07) is 3.46. The molecule has 1 N–H and O–H groups in total. The van der Waals surface area contributed by atoms with Crippen LogP contribution in [0.25, 0.3) is 0 Å². The van der Waals surface area contributed by atoms with E-state index in [1.165, 1.54) is 11.3 Å². The number of thiazole rings is 1. The van der Waals surface area contributed by atoms with E-state index in [2.05, 4.69) is 15.3 Å². The molecule has 0 unspecified atom stereocenters. The minimum absolute atomic E-state index is 0.108. The van der Waals surface area contributed by atoms with Gasteiger partial charge in [-0.1, -0.05) is 0 Å². The Bertz CT molecular complexity index is 656. The third kappa shape index (κ3) is 3.25. The highest BCUT2D eigenvalue weighted by atomic mass is 32.1. The Balaban J connectivity index is 1.62. The molecule has 3 heterocycles. The van der Waals surface area contributed by atoms with E-state index in [1.54, 1.807) is 29.4 Å². The summed E-state index contributed by atoms with van der Waals surface area (Å²) >= 11 is 1.40. The quantitative estimate of drug-likeness (QED) is 0.935. The van der Waals surface area contributed by atoms with Gasteiger partial charge in [0.25, 0.3) is 0 Å². The van der Waals surface area contributed by atoms with Gasteiger partial charge in [-0.2, -0.15) is 0 Å². The Hall–Kier alpha value is -2.28. The molecule has 0 aliphatic carbocycles. The van der Waals surface area contributed by atoms with Crippen molar-refractivity contribution < 1.29 is 9.59 Å². The van der Waals surface area contributed by atoms with Crippen LogP contribution in [0, 0.1) is 0 Å². The number of nitrogens with one attached hydrogen (secondary N) is 1. The van der Waals surface area contributed by atoms with Crippen molar-refractivity contribution in [3.8, 4) is 0 Å². The number of nitrogens with zero attached hydrogens (tertiary/aromatic N) is 3. The van der Waals surface area contributed by atoms with Crippen molar-refractivity contribution in [2.45, 2.75) is 19.3 Å². The molecule has 6 nitrogen and oxygen atoms in total. The van der Waals surface area contributed by atoms with Crippen molar-refractivity contribution in [3.05, 3.63) is 35.6 Å². The van der Waals surface area contributed by atoms with E-state index in [4.69, 9.17) is 0 Å². The summed E-state index contributed by atoms with van der Waals surface area (Å²) in [4.78, 5) is 33.5. The van der Waals surface area contributed by atoms with Gasteiger partial charge in [-0.3, -0.25) is 19.5 Å². The van der Waals surface area contributed by atoms with Gasteiger partial charge in [0.2, 0.25) is 11.8 Å². The summed E-state index contributed by atoms with van der Waals surface area (Å²) in [6.07, 6.45) is 4.89. The molecule has 0 atom stereocenters. The van der Waals surface area contributed by atoms with Gasteiger partial charge in [0.05, 0.1) is 12.1 Å². The number of hydrogen-bond acceptors (Lipinski definition) is 5. The Kier molecular flexibility index (Phi) is 3.92. The monoisotopic (exact) mass is 302 g/mol. The van der Waals surface area contributed by atoms with Gasteiger partial charge >= 0.3 is 0 Å². The van der Waals surface area contributed by atoms with Crippen LogP contribution in [0.1, 0.15) is 18.5 Å². The molecular formula is C14H14N4O2S. The summed E-state index contributed by atoms with van der Waals surface area (Å²) in [5.41, 5.74) is 1.39. The minimum atomic E-state index is -0.134. The second-order valence-electron chi connectivity index (χ2n) is 4.73. The van der Waals surface area contributed by atoms with Crippen molar-refractivity contribution in [2.75, 3.05) is 16.8 Å². The first-order valence-corrected chi connectivity index (χ1v) is 7.55. The maximum Gasteiger partial charge on any atom is 0.230 e. The Morgan fingerprint density at radius 2 is 2.19 bits per heavy atom. The maximum absolute atomic E-state index is 11.9.